The number of ether oxygens (including phenoxy) is 1. The number of hydrogen-bond acceptors (Lipinski definition) is 6. The zero-order valence-corrected chi connectivity index (χ0v) is 19.7. The van der Waals surface area contributed by atoms with E-state index in [1.54, 1.807) is 29.7 Å². The lowest BCUT2D eigenvalue weighted by Gasteiger charge is -2.30. The van der Waals surface area contributed by atoms with E-state index < -0.39 is 5.91 Å². The predicted octanol–water partition coefficient (Wildman–Crippen LogP) is 4.57. The van der Waals surface area contributed by atoms with E-state index in [2.05, 4.69) is 29.8 Å². The summed E-state index contributed by atoms with van der Waals surface area (Å²) < 4.78 is 5.58. The average Bonchev–Trinajstić information content (AvgIpc) is 3.18. The number of aromatic nitrogens is 1. The Morgan fingerprint density at radius 2 is 1.91 bits per heavy atom. The van der Waals surface area contributed by atoms with E-state index >= 15 is 0 Å². The van der Waals surface area contributed by atoms with E-state index in [1.165, 1.54) is 0 Å². The lowest BCUT2D eigenvalue weighted by molar-refractivity contribution is 0.0917. The highest BCUT2D eigenvalue weighted by atomic mass is 32.1. The number of morpholine rings is 1. The molecule has 1 fully saturated rings. The van der Waals surface area contributed by atoms with Gasteiger partial charge in [-0.15, -0.1) is 11.3 Å². The SMILES string of the molecule is CC1(C)CC(=O)c2sc(N3CCOCC3)c(-c3ccnc(-c4cccc(C(N)=O)c4)c3)c2C1. The zero-order chi connectivity index (χ0) is 23.2. The first kappa shape index (κ1) is 21.8. The maximum Gasteiger partial charge on any atom is 0.248 e. The van der Waals surface area contributed by atoms with Crippen LogP contribution in [-0.2, 0) is 11.2 Å². The Balaban J connectivity index is 1.66. The van der Waals surface area contributed by atoms with Crippen molar-refractivity contribution in [3.63, 3.8) is 0 Å². The van der Waals surface area contributed by atoms with E-state index in [1.807, 2.05) is 18.2 Å². The lowest BCUT2D eigenvalue weighted by atomic mass is 9.75. The summed E-state index contributed by atoms with van der Waals surface area (Å²) in [5.41, 5.74) is 10.8. The molecule has 3 aromatic rings. The van der Waals surface area contributed by atoms with Crippen LogP contribution in [0.15, 0.2) is 42.6 Å². The number of rotatable bonds is 4. The number of ketones is 1. The van der Waals surface area contributed by atoms with Crippen LogP contribution in [0, 0.1) is 5.41 Å². The molecule has 2 aliphatic rings. The molecule has 2 N–H and O–H groups in total. The van der Waals surface area contributed by atoms with Gasteiger partial charge < -0.3 is 15.4 Å². The fourth-order valence-electron chi connectivity index (χ4n) is 4.76. The van der Waals surface area contributed by atoms with Crippen molar-refractivity contribution in [2.45, 2.75) is 26.7 Å². The van der Waals surface area contributed by atoms with E-state index in [-0.39, 0.29) is 11.2 Å². The van der Waals surface area contributed by atoms with Crippen molar-refractivity contribution >= 4 is 28.0 Å². The van der Waals surface area contributed by atoms with E-state index in [0.717, 1.165) is 57.3 Å². The maximum absolute atomic E-state index is 13.1. The molecule has 2 aromatic heterocycles. The van der Waals surface area contributed by atoms with Crippen molar-refractivity contribution in [3.05, 3.63) is 58.6 Å². The monoisotopic (exact) mass is 461 g/mol. The molecule has 0 unspecified atom stereocenters. The van der Waals surface area contributed by atoms with Gasteiger partial charge in [-0.05, 0) is 47.2 Å². The van der Waals surface area contributed by atoms with Gasteiger partial charge in [-0.25, -0.2) is 0 Å². The summed E-state index contributed by atoms with van der Waals surface area (Å²) in [6, 6.07) is 11.3. The molecule has 0 atom stereocenters. The number of nitrogens with zero attached hydrogens (tertiary/aromatic N) is 2. The van der Waals surface area contributed by atoms with Crippen LogP contribution in [0.4, 0.5) is 5.00 Å². The molecule has 33 heavy (non-hydrogen) atoms. The molecule has 0 radical (unpaired) electrons. The molecular formula is C26H27N3O3S. The largest absolute Gasteiger partial charge is 0.378 e. The van der Waals surface area contributed by atoms with Crippen molar-refractivity contribution in [3.8, 4) is 22.4 Å². The normalized spacial score (nSPS) is 17.6. The van der Waals surface area contributed by atoms with E-state index in [4.69, 9.17) is 10.5 Å². The van der Waals surface area contributed by atoms with Crippen LogP contribution in [0.1, 0.15) is 45.9 Å². The van der Waals surface area contributed by atoms with Crippen LogP contribution in [0.25, 0.3) is 22.4 Å². The number of primary amides is 1. The van der Waals surface area contributed by atoms with Gasteiger partial charge in [0.15, 0.2) is 5.78 Å². The number of nitrogens with two attached hydrogens (primary N) is 1. The molecule has 1 aliphatic heterocycles. The lowest BCUT2D eigenvalue weighted by Crippen LogP contribution is -2.36. The van der Waals surface area contributed by atoms with Gasteiger partial charge in [-0.3, -0.25) is 14.6 Å². The van der Waals surface area contributed by atoms with Crippen LogP contribution in [-0.4, -0.2) is 43.0 Å². The highest BCUT2D eigenvalue weighted by Gasteiger charge is 2.37. The third-order valence-corrected chi connectivity index (χ3v) is 7.66. The maximum atomic E-state index is 13.1. The summed E-state index contributed by atoms with van der Waals surface area (Å²) in [4.78, 5) is 32.5. The summed E-state index contributed by atoms with van der Waals surface area (Å²) >= 11 is 1.62. The smallest absolute Gasteiger partial charge is 0.248 e. The summed E-state index contributed by atoms with van der Waals surface area (Å²) in [6.45, 7) is 7.31. The molecule has 3 heterocycles. The summed E-state index contributed by atoms with van der Waals surface area (Å²) in [5.74, 6) is -0.231. The van der Waals surface area contributed by atoms with Gasteiger partial charge >= 0.3 is 0 Å². The Labute approximate surface area is 197 Å². The van der Waals surface area contributed by atoms with Crippen molar-refractivity contribution in [1.29, 1.82) is 0 Å². The second kappa shape index (κ2) is 8.39. The molecular weight excluding hydrogens is 434 g/mol. The third kappa shape index (κ3) is 4.18. The number of hydrogen-bond donors (Lipinski definition) is 1. The molecule has 0 bridgehead atoms. The standard InChI is InChI=1S/C26H27N3O3S/c1-26(2)14-19-22(25(29-8-10-32-11-9-29)33-23(19)21(30)15-26)17-6-7-28-20(13-17)16-4-3-5-18(12-16)24(27)31/h3-7,12-13H,8-11,14-15H2,1-2H3,(H2,27,31). The number of carbonyl (C=O) groups is 2. The quantitative estimate of drug-likeness (QED) is 0.615. The van der Waals surface area contributed by atoms with Crippen molar-refractivity contribution in [1.82, 2.24) is 4.98 Å². The molecule has 1 aromatic carbocycles. The number of anilines is 1. The van der Waals surface area contributed by atoms with Gasteiger partial charge in [0, 0.05) is 42.4 Å². The fourth-order valence-corrected chi connectivity index (χ4v) is 6.10. The molecule has 0 saturated carbocycles. The fraction of sp³-hybridized carbons (Fsp3) is 0.346. The Morgan fingerprint density at radius 1 is 1.12 bits per heavy atom. The van der Waals surface area contributed by atoms with Gasteiger partial charge in [-0.2, -0.15) is 0 Å². The Morgan fingerprint density at radius 3 is 2.67 bits per heavy atom. The molecule has 5 rings (SSSR count). The summed E-state index contributed by atoms with van der Waals surface area (Å²) in [7, 11) is 0. The first-order valence-corrected chi connectivity index (χ1v) is 12.0. The number of amides is 1. The van der Waals surface area contributed by atoms with Crippen molar-refractivity contribution in [2.24, 2.45) is 11.1 Å². The van der Waals surface area contributed by atoms with Crippen LogP contribution in [0.2, 0.25) is 0 Å². The highest BCUT2D eigenvalue weighted by molar-refractivity contribution is 7.19. The topological polar surface area (TPSA) is 85.5 Å². The first-order valence-electron chi connectivity index (χ1n) is 11.2. The molecule has 7 heteroatoms. The predicted molar refractivity (Wildman–Crippen MR) is 131 cm³/mol. The van der Waals surface area contributed by atoms with Gasteiger partial charge in [-0.1, -0.05) is 26.0 Å². The van der Waals surface area contributed by atoms with Gasteiger partial charge in [0.25, 0.3) is 0 Å². The molecule has 170 valence electrons. The minimum absolute atomic E-state index is 0.0755. The first-order chi connectivity index (χ1) is 15.8. The van der Waals surface area contributed by atoms with Crippen LogP contribution >= 0.6 is 11.3 Å². The molecule has 1 aliphatic carbocycles. The number of thiophene rings is 1. The number of Topliss-reactive ketones (excluding diaryl/α,β-unsaturated/α-hetero) is 1. The highest BCUT2D eigenvalue weighted by Crippen LogP contribution is 2.49. The Hall–Kier alpha value is -3.03. The Bertz CT molecular complexity index is 1240. The number of benzene rings is 1. The average molecular weight is 462 g/mol. The van der Waals surface area contributed by atoms with Gasteiger partial charge in [0.05, 0.1) is 28.8 Å². The molecule has 6 nitrogen and oxygen atoms in total. The number of carbonyl (C=O) groups excluding carboxylic acids is 2. The van der Waals surface area contributed by atoms with Gasteiger partial charge in [0.2, 0.25) is 5.91 Å². The minimum atomic E-state index is -0.463. The third-order valence-electron chi connectivity index (χ3n) is 6.33. The minimum Gasteiger partial charge on any atom is -0.378 e. The molecule has 1 saturated heterocycles. The van der Waals surface area contributed by atoms with Crippen LogP contribution in [0.3, 0.4) is 0 Å². The van der Waals surface area contributed by atoms with E-state index in [9.17, 15) is 9.59 Å². The van der Waals surface area contributed by atoms with Gasteiger partial charge in [0.1, 0.15) is 0 Å². The van der Waals surface area contributed by atoms with Crippen LogP contribution in [0.5, 0.6) is 0 Å². The van der Waals surface area contributed by atoms with Crippen molar-refractivity contribution < 1.29 is 14.3 Å². The number of pyridine rings is 1. The second-order valence-electron chi connectivity index (χ2n) is 9.51. The van der Waals surface area contributed by atoms with Crippen LogP contribution < -0.4 is 10.6 Å². The van der Waals surface area contributed by atoms with Crippen molar-refractivity contribution in [2.75, 3.05) is 31.2 Å². The summed E-state index contributed by atoms with van der Waals surface area (Å²) in [6.07, 6.45) is 3.23. The zero-order valence-electron chi connectivity index (χ0n) is 18.9. The van der Waals surface area contributed by atoms with E-state index in [0.29, 0.717) is 25.2 Å². The molecule has 0 spiro atoms. The molecule has 1 amide bonds. The summed E-state index contributed by atoms with van der Waals surface area (Å²) in [5, 5.41) is 1.14. The second-order valence-corrected chi connectivity index (χ2v) is 10.5. The Kier molecular flexibility index (Phi) is 5.54. The number of fused-ring (bicyclic) bond motifs is 1.